The Morgan fingerprint density at radius 2 is 1.55 bits per heavy atom. The lowest BCUT2D eigenvalue weighted by Crippen LogP contribution is -2.40. The van der Waals surface area contributed by atoms with Crippen molar-refractivity contribution in [3.05, 3.63) is 64.9 Å². The Hall–Kier alpha value is -3.45. The van der Waals surface area contributed by atoms with E-state index in [0.29, 0.717) is 54.5 Å². The Kier molecular flexibility index (Phi) is 5.61. The molecule has 2 aliphatic heterocycles. The van der Waals surface area contributed by atoms with Gasteiger partial charge in [0.05, 0.1) is 24.5 Å². The van der Waals surface area contributed by atoms with E-state index >= 15 is 0 Å². The van der Waals surface area contributed by atoms with Crippen molar-refractivity contribution < 1.29 is 19.1 Å². The smallest absolute Gasteiger partial charge is 0.282 e. The summed E-state index contributed by atoms with van der Waals surface area (Å²) in [6.45, 7) is 7.42. The summed E-state index contributed by atoms with van der Waals surface area (Å²) in [5.74, 6) is -0.837. The molecular formula is C24H25N3O4. The summed E-state index contributed by atoms with van der Waals surface area (Å²) in [7, 11) is 0. The lowest BCUT2D eigenvalue weighted by molar-refractivity contribution is -0.121. The topological polar surface area (TPSA) is 79.0 Å². The molecule has 4 rings (SSSR count). The largest absolute Gasteiger partial charge is 0.378 e. The van der Waals surface area contributed by atoms with Crippen molar-refractivity contribution in [1.29, 1.82) is 0 Å². The molecule has 2 aromatic rings. The molecular weight excluding hydrogens is 394 g/mol. The van der Waals surface area contributed by atoms with Crippen molar-refractivity contribution in [3.63, 3.8) is 0 Å². The van der Waals surface area contributed by atoms with E-state index in [9.17, 15) is 14.4 Å². The van der Waals surface area contributed by atoms with Gasteiger partial charge in [0.1, 0.15) is 5.70 Å². The highest BCUT2D eigenvalue weighted by atomic mass is 16.5. The first-order valence-corrected chi connectivity index (χ1v) is 10.3. The Morgan fingerprint density at radius 3 is 2.13 bits per heavy atom. The fourth-order valence-corrected chi connectivity index (χ4v) is 4.10. The Balaban J connectivity index is 1.79. The van der Waals surface area contributed by atoms with Crippen molar-refractivity contribution in [2.75, 3.05) is 36.5 Å². The molecule has 0 spiro atoms. The predicted octanol–water partition coefficient (Wildman–Crippen LogP) is 2.88. The lowest BCUT2D eigenvalue weighted by atomic mass is 10.0. The highest BCUT2D eigenvalue weighted by Crippen LogP contribution is 2.36. The maximum Gasteiger partial charge on any atom is 0.282 e. The average Bonchev–Trinajstić information content (AvgIpc) is 2.98. The number of hydrogen-bond acceptors (Lipinski definition) is 5. The number of hydrogen-bond donors (Lipinski definition) is 1. The number of nitrogens with zero attached hydrogens (tertiary/aromatic N) is 2. The summed E-state index contributed by atoms with van der Waals surface area (Å²) in [6.07, 6.45) is 0. The standard InChI is InChI=1S/C24H25N3O4/c1-15-12-16(2)14-20(13-15)27-23(29)21(18-4-6-19(7-5-18)25-17(3)28)22(24(27)30)26-8-10-31-11-9-26/h4-7,12-14H,8-11H2,1-3H3,(H,25,28). The summed E-state index contributed by atoms with van der Waals surface area (Å²) in [6, 6.07) is 12.7. The van der Waals surface area contributed by atoms with Gasteiger partial charge in [-0.3, -0.25) is 14.4 Å². The number of benzene rings is 2. The number of amides is 3. The van der Waals surface area contributed by atoms with Crippen LogP contribution in [0.3, 0.4) is 0 Å². The predicted molar refractivity (Wildman–Crippen MR) is 118 cm³/mol. The van der Waals surface area contributed by atoms with Crippen molar-refractivity contribution >= 4 is 34.7 Å². The van der Waals surface area contributed by atoms with E-state index in [2.05, 4.69) is 5.32 Å². The first-order chi connectivity index (χ1) is 14.8. The SMILES string of the molecule is CC(=O)Nc1ccc(C2=C(N3CCOCC3)C(=O)N(c3cc(C)cc(C)c3)C2=O)cc1. The van der Waals surface area contributed by atoms with E-state index in [0.717, 1.165) is 11.1 Å². The van der Waals surface area contributed by atoms with Crippen LogP contribution in [0.5, 0.6) is 0 Å². The Morgan fingerprint density at radius 1 is 0.935 bits per heavy atom. The molecule has 7 heteroatoms. The van der Waals surface area contributed by atoms with Crippen LogP contribution in [0.4, 0.5) is 11.4 Å². The molecule has 2 aromatic carbocycles. The van der Waals surface area contributed by atoms with Crippen LogP contribution < -0.4 is 10.2 Å². The number of rotatable bonds is 4. The third-order valence-electron chi connectivity index (χ3n) is 5.35. The van der Waals surface area contributed by atoms with Gasteiger partial charge in [-0.2, -0.15) is 0 Å². The molecule has 1 N–H and O–H groups in total. The fraction of sp³-hybridized carbons (Fsp3) is 0.292. The number of morpholine rings is 1. The van der Waals surface area contributed by atoms with Crippen LogP contribution in [-0.4, -0.2) is 48.9 Å². The van der Waals surface area contributed by atoms with Crippen LogP contribution in [0.1, 0.15) is 23.6 Å². The fourth-order valence-electron chi connectivity index (χ4n) is 4.10. The van der Waals surface area contributed by atoms with E-state index in [-0.39, 0.29) is 17.7 Å². The molecule has 1 saturated heterocycles. The number of anilines is 2. The third-order valence-corrected chi connectivity index (χ3v) is 5.35. The minimum absolute atomic E-state index is 0.172. The van der Waals surface area contributed by atoms with Crippen molar-refractivity contribution in [3.8, 4) is 0 Å². The van der Waals surface area contributed by atoms with Gasteiger partial charge in [-0.1, -0.05) is 18.2 Å². The summed E-state index contributed by atoms with van der Waals surface area (Å²) in [5, 5.41) is 2.72. The molecule has 0 saturated carbocycles. The summed E-state index contributed by atoms with van der Waals surface area (Å²) < 4.78 is 5.44. The summed E-state index contributed by atoms with van der Waals surface area (Å²) >= 11 is 0. The molecule has 160 valence electrons. The second-order valence-electron chi connectivity index (χ2n) is 7.87. The van der Waals surface area contributed by atoms with Crippen LogP contribution in [0.2, 0.25) is 0 Å². The molecule has 3 amide bonds. The first kappa shape index (κ1) is 20.8. The highest BCUT2D eigenvalue weighted by molar-refractivity contribution is 6.45. The molecule has 2 aliphatic rings. The summed E-state index contributed by atoms with van der Waals surface area (Å²) in [5.41, 5.74) is 4.59. The number of imide groups is 1. The van der Waals surface area contributed by atoms with E-state index in [4.69, 9.17) is 4.74 Å². The molecule has 0 unspecified atom stereocenters. The van der Waals surface area contributed by atoms with Gasteiger partial charge in [-0.15, -0.1) is 0 Å². The Labute approximate surface area is 181 Å². The molecule has 0 atom stereocenters. The van der Waals surface area contributed by atoms with E-state index in [1.165, 1.54) is 11.8 Å². The average molecular weight is 419 g/mol. The van der Waals surface area contributed by atoms with Gasteiger partial charge in [0.15, 0.2) is 0 Å². The number of carbonyl (C=O) groups is 3. The lowest BCUT2D eigenvalue weighted by Gasteiger charge is -2.29. The molecule has 2 heterocycles. The number of nitrogens with one attached hydrogen (secondary N) is 1. The van der Waals surface area contributed by atoms with Crippen LogP contribution in [0.15, 0.2) is 48.2 Å². The van der Waals surface area contributed by atoms with E-state index in [1.807, 2.05) is 36.9 Å². The van der Waals surface area contributed by atoms with Crippen LogP contribution in [0.25, 0.3) is 5.57 Å². The van der Waals surface area contributed by atoms with Gasteiger partial charge in [0.2, 0.25) is 5.91 Å². The monoisotopic (exact) mass is 419 g/mol. The number of ether oxygens (including phenoxy) is 1. The normalized spacial score (nSPS) is 16.9. The molecule has 0 aliphatic carbocycles. The summed E-state index contributed by atoms with van der Waals surface area (Å²) in [4.78, 5) is 41.6. The van der Waals surface area contributed by atoms with Gasteiger partial charge in [0.25, 0.3) is 11.8 Å². The highest BCUT2D eigenvalue weighted by Gasteiger charge is 2.42. The van der Waals surface area contributed by atoms with E-state index in [1.54, 1.807) is 24.3 Å². The molecule has 0 aromatic heterocycles. The van der Waals surface area contributed by atoms with Crippen molar-refractivity contribution in [2.45, 2.75) is 20.8 Å². The third kappa shape index (κ3) is 4.09. The van der Waals surface area contributed by atoms with Crippen LogP contribution >= 0.6 is 0 Å². The molecule has 0 bridgehead atoms. The molecule has 1 fully saturated rings. The maximum absolute atomic E-state index is 13.6. The number of aryl methyl sites for hydroxylation is 2. The zero-order chi connectivity index (χ0) is 22.1. The Bertz CT molecular complexity index is 1060. The maximum atomic E-state index is 13.6. The minimum Gasteiger partial charge on any atom is -0.378 e. The van der Waals surface area contributed by atoms with Gasteiger partial charge < -0.3 is 15.0 Å². The zero-order valence-electron chi connectivity index (χ0n) is 17.9. The molecule has 0 radical (unpaired) electrons. The van der Waals surface area contributed by atoms with Gasteiger partial charge in [-0.05, 0) is 54.8 Å². The van der Waals surface area contributed by atoms with Crippen LogP contribution in [0, 0.1) is 13.8 Å². The van der Waals surface area contributed by atoms with E-state index < -0.39 is 0 Å². The second-order valence-corrected chi connectivity index (χ2v) is 7.87. The van der Waals surface area contributed by atoms with Gasteiger partial charge in [-0.25, -0.2) is 4.90 Å². The first-order valence-electron chi connectivity index (χ1n) is 10.3. The quantitative estimate of drug-likeness (QED) is 0.771. The van der Waals surface area contributed by atoms with Crippen molar-refractivity contribution in [1.82, 2.24) is 4.90 Å². The molecule has 7 nitrogen and oxygen atoms in total. The van der Waals surface area contributed by atoms with Crippen molar-refractivity contribution in [2.24, 2.45) is 0 Å². The minimum atomic E-state index is -0.344. The van der Waals surface area contributed by atoms with Crippen LogP contribution in [-0.2, 0) is 19.1 Å². The molecule has 31 heavy (non-hydrogen) atoms. The zero-order valence-corrected chi connectivity index (χ0v) is 17.9. The van der Waals surface area contributed by atoms with Gasteiger partial charge >= 0.3 is 0 Å². The second kappa shape index (κ2) is 8.35. The number of carbonyl (C=O) groups excluding carboxylic acids is 3. The van der Waals surface area contributed by atoms with Gasteiger partial charge in [0, 0.05) is 25.7 Å².